The summed E-state index contributed by atoms with van der Waals surface area (Å²) in [6.07, 6.45) is 0. The van der Waals surface area contributed by atoms with Gasteiger partial charge in [0.05, 0.1) is 22.7 Å². The van der Waals surface area contributed by atoms with Crippen molar-refractivity contribution in [1.82, 2.24) is 0 Å². The molecular formula is C84H72N4. The summed E-state index contributed by atoms with van der Waals surface area (Å²) in [5, 5.41) is 9.62. The van der Waals surface area contributed by atoms with Crippen LogP contribution in [0.15, 0.2) is 291 Å². The van der Waals surface area contributed by atoms with Gasteiger partial charge in [0.2, 0.25) is 0 Å². The average molecular weight is 1140 g/mol. The lowest BCUT2D eigenvalue weighted by molar-refractivity contribution is 1.27. The monoisotopic (exact) mass is 1140 g/mol. The van der Waals surface area contributed by atoms with Crippen molar-refractivity contribution in [3.63, 3.8) is 0 Å². The van der Waals surface area contributed by atoms with Crippen LogP contribution in [-0.4, -0.2) is 0 Å². The van der Waals surface area contributed by atoms with Gasteiger partial charge in [0.1, 0.15) is 0 Å². The molecular weight excluding hydrogens is 1060 g/mol. The second-order valence-corrected chi connectivity index (χ2v) is 23.6. The highest BCUT2D eigenvalue weighted by Gasteiger charge is 2.28. The fraction of sp³-hybridized carbons (Fsp3) is 0.0952. The van der Waals surface area contributed by atoms with E-state index in [1.165, 1.54) is 110 Å². The summed E-state index contributed by atoms with van der Waals surface area (Å²) in [6.45, 7) is 17.2. The smallest absolute Gasteiger partial charge is 0.0619 e. The van der Waals surface area contributed by atoms with Crippen LogP contribution < -0.4 is 19.6 Å². The number of anilines is 12. The SMILES string of the molecule is Cc1ccc(N(c2ccc(C)cc2)c2c3ccccc3c(N(c3ccc(C)cc3)c3ccc(C)cc3)c3ccccc23)cc1.Cc1cccc(N(c2cccc(C)c2)c2c3ccccc3c(N(c3cccc(C)c3)c3cccc(C)c3)c3ccccc23)c1. The van der Waals surface area contributed by atoms with Crippen molar-refractivity contribution in [2.45, 2.75) is 55.4 Å². The van der Waals surface area contributed by atoms with E-state index in [1.807, 2.05) is 0 Å². The molecule has 0 radical (unpaired) electrons. The first kappa shape index (κ1) is 56.5. The van der Waals surface area contributed by atoms with E-state index in [-0.39, 0.29) is 0 Å². The molecule has 14 rings (SSSR count). The zero-order valence-corrected chi connectivity index (χ0v) is 51.5. The minimum atomic E-state index is 1.14. The largest absolute Gasteiger partial charge is 0.309 e. The maximum atomic E-state index is 2.44. The van der Waals surface area contributed by atoms with E-state index in [0.717, 1.165) is 45.5 Å². The lowest BCUT2D eigenvalue weighted by Gasteiger charge is -2.33. The van der Waals surface area contributed by atoms with Crippen molar-refractivity contribution in [3.8, 4) is 0 Å². The highest BCUT2D eigenvalue weighted by molar-refractivity contribution is 6.25. The predicted octanol–water partition coefficient (Wildman–Crippen LogP) is 24.3. The Kier molecular flexibility index (Phi) is 15.6. The Morgan fingerprint density at radius 1 is 0.148 bits per heavy atom. The van der Waals surface area contributed by atoms with Crippen LogP contribution in [-0.2, 0) is 0 Å². The molecule has 0 aliphatic rings. The Balaban J connectivity index is 0.000000162. The highest BCUT2D eigenvalue weighted by Crippen LogP contribution is 2.53. The van der Waals surface area contributed by atoms with Gasteiger partial charge in [-0.25, -0.2) is 0 Å². The number of fused-ring (bicyclic) bond motifs is 4. The van der Waals surface area contributed by atoms with Crippen LogP contribution in [0.2, 0.25) is 0 Å². The third-order valence-corrected chi connectivity index (χ3v) is 16.9. The summed E-state index contributed by atoms with van der Waals surface area (Å²) in [4.78, 5) is 9.74. The molecule has 4 nitrogen and oxygen atoms in total. The van der Waals surface area contributed by atoms with Crippen LogP contribution in [0.4, 0.5) is 68.2 Å². The predicted molar refractivity (Wildman–Crippen MR) is 380 cm³/mol. The molecule has 88 heavy (non-hydrogen) atoms. The van der Waals surface area contributed by atoms with Gasteiger partial charge >= 0.3 is 0 Å². The molecule has 0 fully saturated rings. The highest BCUT2D eigenvalue weighted by atomic mass is 15.2. The maximum Gasteiger partial charge on any atom is 0.0619 e. The van der Waals surface area contributed by atoms with Crippen LogP contribution >= 0.6 is 0 Å². The molecule has 14 aromatic carbocycles. The zero-order valence-electron chi connectivity index (χ0n) is 51.5. The van der Waals surface area contributed by atoms with Crippen molar-refractivity contribution in [3.05, 3.63) is 336 Å². The molecule has 0 saturated heterocycles. The number of benzene rings is 14. The van der Waals surface area contributed by atoms with Crippen molar-refractivity contribution < 1.29 is 0 Å². The molecule has 0 amide bonds. The van der Waals surface area contributed by atoms with Crippen LogP contribution in [0.5, 0.6) is 0 Å². The summed E-state index contributed by atoms with van der Waals surface area (Å²) < 4.78 is 0. The molecule has 0 spiro atoms. The van der Waals surface area contributed by atoms with Crippen LogP contribution in [0.1, 0.15) is 44.5 Å². The number of aryl methyl sites for hydroxylation is 8. The van der Waals surface area contributed by atoms with Gasteiger partial charge in [0.25, 0.3) is 0 Å². The van der Waals surface area contributed by atoms with Crippen molar-refractivity contribution in [2.75, 3.05) is 19.6 Å². The molecule has 0 atom stereocenters. The van der Waals surface area contributed by atoms with Gasteiger partial charge in [0.15, 0.2) is 0 Å². The Bertz CT molecular complexity index is 4230. The lowest BCUT2D eigenvalue weighted by atomic mass is 9.95. The molecule has 0 aliphatic carbocycles. The molecule has 0 saturated carbocycles. The standard InChI is InChI=1S/2C42H36N2/c1-29-13-9-17-33(25-29)43(34-18-10-14-30(2)26-34)41-37-21-5-7-23-39(37)42(40-24-8-6-22-38(40)41)44(35-19-11-15-31(3)27-35)36-20-12-16-32(4)28-36;1-29-13-21-33(22-14-29)43(34-23-15-30(2)16-24-34)41-37-9-5-7-11-39(37)42(40-12-8-6-10-38(40)41)44(35-25-17-31(3)18-26-35)36-27-19-32(4)20-28-36/h2*5-28H,1-4H3. The average Bonchev–Trinajstić information content (AvgIpc) is 0.974. The van der Waals surface area contributed by atoms with E-state index in [1.54, 1.807) is 0 Å². The van der Waals surface area contributed by atoms with E-state index >= 15 is 0 Å². The molecule has 0 heterocycles. The zero-order chi connectivity index (χ0) is 60.4. The molecule has 0 bridgehead atoms. The van der Waals surface area contributed by atoms with Gasteiger partial charge in [-0.3, -0.25) is 0 Å². The molecule has 0 unspecified atom stereocenters. The summed E-state index contributed by atoms with van der Waals surface area (Å²) >= 11 is 0. The molecule has 0 N–H and O–H groups in total. The van der Waals surface area contributed by atoms with E-state index < -0.39 is 0 Å². The summed E-state index contributed by atoms with van der Waals surface area (Å²) in [6, 6.07) is 106. The van der Waals surface area contributed by atoms with Crippen molar-refractivity contribution >= 4 is 111 Å². The van der Waals surface area contributed by atoms with Crippen LogP contribution in [0.3, 0.4) is 0 Å². The first-order valence-electron chi connectivity index (χ1n) is 30.6. The molecule has 0 aliphatic heterocycles. The fourth-order valence-corrected chi connectivity index (χ4v) is 12.6. The Hall–Kier alpha value is -10.7. The van der Waals surface area contributed by atoms with E-state index in [9.17, 15) is 0 Å². The number of rotatable bonds is 12. The van der Waals surface area contributed by atoms with Crippen molar-refractivity contribution in [2.24, 2.45) is 0 Å². The Labute approximate surface area is 519 Å². The normalized spacial score (nSPS) is 11.2. The second kappa shape index (κ2) is 24.4. The Morgan fingerprint density at radius 2 is 0.318 bits per heavy atom. The number of nitrogens with zero attached hydrogens (tertiary/aromatic N) is 4. The minimum absolute atomic E-state index is 1.14. The summed E-state index contributed by atoms with van der Waals surface area (Å²) in [5.74, 6) is 0. The topological polar surface area (TPSA) is 13.0 Å². The quantitative estimate of drug-likeness (QED) is 0.0893. The summed E-state index contributed by atoms with van der Waals surface area (Å²) in [7, 11) is 0. The number of hydrogen-bond donors (Lipinski definition) is 0. The van der Waals surface area contributed by atoms with Gasteiger partial charge in [-0.05, 0) is 175 Å². The minimum Gasteiger partial charge on any atom is -0.309 e. The molecule has 4 heteroatoms. The van der Waals surface area contributed by atoms with E-state index in [2.05, 4.69) is 366 Å². The third kappa shape index (κ3) is 11.1. The number of hydrogen-bond acceptors (Lipinski definition) is 4. The van der Waals surface area contributed by atoms with Crippen LogP contribution in [0.25, 0.3) is 43.1 Å². The van der Waals surface area contributed by atoms with Crippen molar-refractivity contribution in [1.29, 1.82) is 0 Å². The van der Waals surface area contributed by atoms with Gasteiger partial charge in [0, 0.05) is 88.6 Å². The molecule has 14 aromatic rings. The first-order valence-corrected chi connectivity index (χ1v) is 30.6. The van der Waals surface area contributed by atoms with E-state index in [4.69, 9.17) is 0 Å². The first-order chi connectivity index (χ1) is 42.9. The lowest BCUT2D eigenvalue weighted by Crippen LogP contribution is -2.15. The van der Waals surface area contributed by atoms with Gasteiger partial charge in [-0.15, -0.1) is 0 Å². The van der Waals surface area contributed by atoms with Gasteiger partial charge in [-0.2, -0.15) is 0 Å². The van der Waals surface area contributed by atoms with E-state index in [0.29, 0.717) is 0 Å². The molecule has 0 aromatic heterocycles. The fourth-order valence-electron chi connectivity index (χ4n) is 12.6. The Morgan fingerprint density at radius 3 is 0.489 bits per heavy atom. The maximum absolute atomic E-state index is 2.44. The van der Waals surface area contributed by atoms with Gasteiger partial charge < -0.3 is 19.6 Å². The van der Waals surface area contributed by atoms with Crippen LogP contribution in [0, 0.1) is 55.4 Å². The molecule has 428 valence electrons. The second-order valence-electron chi connectivity index (χ2n) is 23.6. The third-order valence-electron chi connectivity index (χ3n) is 16.9. The van der Waals surface area contributed by atoms with Gasteiger partial charge in [-0.1, -0.05) is 216 Å². The summed E-state index contributed by atoms with van der Waals surface area (Å²) in [5.41, 5.74) is 23.8.